The summed E-state index contributed by atoms with van der Waals surface area (Å²) in [6.07, 6.45) is 1.67. The zero-order valence-electron chi connectivity index (χ0n) is 16.4. The molecule has 0 saturated carbocycles. The Labute approximate surface area is 176 Å². The van der Waals surface area contributed by atoms with Gasteiger partial charge in [-0.15, -0.1) is 11.3 Å². The zero-order chi connectivity index (χ0) is 21.7. The third-order valence-electron chi connectivity index (χ3n) is 4.21. The molecule has 8 nitrogen and oxygen atoms in total. The van der Waals surface area contributed by atoms with Crippen LogP contribution in [0.1, 0.15) is 10.6 Å². The van der Waals surface area contributed by atoms with Gasteiger partial charge in [-0.2, -0.15) is 5.26 Å². The molecule has 0 amide bonds. The van der Waals surface area contributed by atoms with Crippen LogP contribution in [0.3, 0.4) is 0 Å². The Hall–Kier alpha value is -3.90. The number of hydrogen-bond donors (Lipinski definition) is 0. The molecule has 9 heteroatoms. The fourth-order valence-electron chi connectivity index (χ4n) is 2.80. The minimum atomic E-state index is -0.457. The van der Waals surface area contributed by atoms with Crippen molar-refractivity contribution in [3.05, 3.63) is 62.5 Å². The lowest BCUT2D eigenvalue weighted by atomic mass is 10.1. The number of nitro benzene ring substituents is 1. The van der Waals surface area contributed by atoms with Crippen LogP contribution in [0.4, 0.5) is 5.69 Å². The van der Waals surface area contributed by atoms with Gasteiger partial charge in [0.25, 0.3) is 5.69 Å². The second-order valence-electron chi connectivity index (χ2n) is 5.97. The minimum Gasteiger partial charge on any atom is -0.493 e. The zero-order valence-corrected chi connectivity index (χ0v) is 17.2. The highest BCUT2D eigenvalue weighted by Gasteiger charge is 2.15. The summed E-state index contributed by atoms with van der Waals surface area (Å²) in [6.45, 7) is 0. The van der Waals surface area contributed by atoms with Crippen molar-refractivity contribution in [2.75, 3.05) is 21.3 Å². The van der Waals surface area contributed by atoms with Gasteiger partial charge in [-0.25, -0.2) is 4.98 Å². The molecule has 0 aliphatic carbocycles. The Kier molecular flexibility index (Phi) is 6.29. The molecule has 0 aliphatic heterocycles. The van der Waals surface area contributed by atoms with Crippen LogP contribution >= 0.6 is 11.3 Å². The van der Waals surface area contributed by atoms with Gasteiger partial charge in [0.15, 0.2) is 11.5 Å². The van der Waals surface area contributed by atoms with Crippen LogP contribution in [0.2, 0.25) is 0 Å². The normalized spacial score (nSPS) is 10.9. The Morgan fingerprint density at radius 2 is 1.87 bits per heavy atom. The Balaban J connectivity index is 2.00. The molecule has 152 valence electrons. The summed E-state index contributed by atoms with van der Waals surface area (Å²) in [7, 11) is 4.55. The van der Waals surface area contributed by atoms with Crippen molar-refractivity contribution in [3.63, 3.8) is 0 Å². The average molecular weight is 423 g/mol. The second-order valence-corrected chi connectivity index (χ2v) is 6.83. The number of nitriles is 1. The van der Waals surface area contributed by atoms with Crippen molar-refractivity contribution in [2.24, 2.45) is 0 Å². The maximum absolute atomic E-state index is 11.0. The van der Waals surface area contributed by atoms with Crippen LogP contribution in [0, 0.1) is 21.4 Å². The smallest absolute Gasteiger partial charge is 0.270 e. The summed E-state index contributed by atoms with van der Waals surface area (Å²) in [5, 5.41) is 22.9. The molecule has 30 heavy (non-hydrogen) atoms. The highest BCUT2D eigenvalue weighted by Crippen LogP contribution is 2.39. The van der Waals surface area contributed by atoms with Crippen LogP contribution in [0.25, 0.3) is 22.9 Å². The molecule has 2 aromatic carbocycles. The molecule has 0 spiro atoms. The van der Waals surface area contributed by atoms with Gasteiger partial charge in [-0.1, -0.05) is 12.1 Å². The predicted octanol–water partition coefficient (Wildman–Crippen LogP) is 4.81. The van der Waals surface area contributed by atoms with Crippen molar-refractivity contribution in [2.45, 2.75) is 0 Å². The standard InChI is InChI=1S/C21H17N3O5S/c1-27-18-8-13(9-19(28-2)20(18)29-3)7-15(11-22)21-23-17(12-30-21)14-5-4-6-16(10-14)24(25)26/h4-10,12H,1-3H3/b15-7-. The number of benzene rings is 2. The van der Waals surface area contributed by atoms with Gasteiger partial charge in [0, 0.05) is 23.1 Å². The van der Waals surface area contributed by atoms with Crippen molar-refractivity contribution in [1.82, 2.24) is 4.98 Å². The largest absolute Gasteiger partial charge is 0.493 e. The number of hydrogen-bond acceptors (Lipinski definition) is 8. The van der Waals surface area contributed by atoms with Crippen LogP contribution < -0.4 is 14.2 Å². The molecule has 3 rings (SSSR count). The number of methoxy groups -OCH3 is 3. The fraction of sp³-hybridized carbons (Fsp3) is 0.143. The van der Waals surface area contributed by atoms with Gasteiger partial charge >= 0.3 is 0 Å². The summed E-state index contributed by atoms with van der Waals surface area (Å²) >= 11 is 1.28. The SMILES string of the molecule is COc1cc(/C=C(/C#N)c2nc(-c3cccc([N+](=O)[O-])c3)cs2)cc(OC)c1OC. The van der Waals surface area contributed by atoms with E-state index < -0.39 is 4.92 Å². The van der Waals surface area contributed by atoms with Crippen LogP contribution in [0.15, 0.2) is 41.8 Å². The van der Waals surface area contributed by atoms with Crippen molar-refractivity contribution >= 4 is 28.7 Å². The number of thiazole rings is 1. The molecule has 0 N–H and O–H groups in total. The lowest BCUT2D eigenvalue weighted by Crippen LogP contribution is -1.95. The summed E-state index contributed by atoms with van der Waals surface area (Å²) < 4.78 is 16.0. The summed E-state index contributed by atoms with van der Waals surface area (Å²) in [6, 6.07) is 11.8. The molecule has 0 fully saturated rings. The summed E-state index contributed by atoms with van der Waals surface area (Å²) in [5.74, 6) is 1.39. The molecule has 0 bridgehead atoms. The van der Waals surface area contributed by atoms with Crippen LogP contribution in [-0.2, 0) is 0 Å². The maximum atomic E-state index is 11.0. The summed E-state index contributed by atoms with van der Waals surface area (Å²) in [4.78, 5) is 15.0. The van der Waals surface area contributed by atoms with E-state index in [0.29, 0.717) is 44.7 Å². The van der Waals surface area contributed by atoms with Crippen molar-refractivity contribution in [3.8, 4) is 34.6 Å². The van der Waals surface area contributed by atoms with Crippen molar-refractivity contribution < 1.29 is 19.1 Å². The maximum Gasteiger partial charge on any atom is 0.270 e. The topological polar surface area (TPSA) is 108 Å². The quantitative estimate of drug-likeness (QED) is 0.305. The number of rotatable bonds is 7. The first-order valence-corrected chi connectivity index (χ1v) is 9.51. The van der Waals surface area contributed by atoms with Gasteiger partial charge in [-0.3, -0.25) is 10.1 Å². The number of nitro groups is 1. The fourth-order valence-corrected chi connectivity index (χ4v) is 3.60. The number of nitrogens with zero attached hydrogens (tertiary/aromatic N) is 3. The highest BCUT2D eigenvalue weighted by atomic mass is 32.1. The predicted molar refractivity (Wildman–Crippen MR) is 114 cm³/mol. The van der Waals surface area contributed by atoms with E-state index in [1.807, 2.05) is 0 Å². The molecule has 0 atom stereocenters. The number of non-ortho nitro benzene ring substituents is 1. The number of ether oxygens (including phenoxy) is 3. The van der Waals surface area contributed by atoms with Crippen LogP contribution in [0.5, 0.6) is 17.2 Å². The minimum absolute atomic E-state index is 0.0180. The first-order chi connectivity index (χ1) is 14.5. The highest BCUT2D eigenvalue weighted by molar-refractivity contribution is 7.11. The van der Waals surface area contributed by atoms with Gasteiger partial charge in [0.2, 0.25) is 5.75 Å². The molecule has 1 heterocycles. The van der Waals surface area contributed by atoms with Gasteiger partial charge in [-0.05, 0) is 23.8 Å². The van der Waals surface area contributed by atoms with E-state index in [-0.39, 0.29) is 5.69 Å². The lowest BCUT2D eigenvalue weighted by molar-refractivity contribution is -0.384. The second kappa shape index (κ2) is 9.07. The van der Waals surface area contributed by atoms with Gasteiger partial charge in [0.1, 0.15) is 11.1 Å². The molecular formula is C21H17N3O5S. The van der Waals surface area contributed by atoms with Gasteiger partial charge < -0.3 is 14.2 Å². The van der Waals surface area contributed by atoms with Crippen LogP contribution in [-0.4, -0.2) is 31.2 Å². The van der Waals surface area contributed by atoms with E-state index in [2.05, 4.69) is 11.1 Å². The molecule has 3 aromatic rings. The molecule has 0 unspecified atom stereocenters. The Bertz CT molecular complexity index is 1140. The number of allylic oxidation sites excluding steroid dienone is 1. The first-order valence-electron chi connectivity index (χ1n) is 8.63. The van der Waals surface area contributed by atoms with E-state index in [1.165, 1.54) is 44.8 Å². The lowest BCUT2D eigenvalue weighted by Gasteiger charge is -2.13. The Morgan fingerprint density at radius 1 is 1.17 bits per heavy atom. The van der Waals surface area contributed by atoms with E-state index in [0.717, 1.165) is 0 Å². The molecule has 0 aliphatic rings. The van der Waals surface area contributed by atoms with E-state index in [4.69, 9.17) is 14.2 Å². The molecule has 1 aromatic heterocycles. The van der Waals surface area contributed by atoms with E-state index in [9.17, 15) is 15.4 Å². The first kappa shape index (κ1) is 20.8. The number of aromatic nitrogens is 1. The molecule has 0 saturated heterocycles. The van der Waals surface area contributed by atoms with E-state index >= 15 is 0 Å². The monoisotopic (exact) mass is 423 g/mol. The molecular weight excluding hydrogens is 406 g/mol. The Morgan fingerprint density at radius 3 is 2.43 bits per heavy atom. The summed E-state index contributed by atoms with van der Waals surface area (Å²) in [5.41, 5.74) is 2.16. The molecule has 0 radical (unpaired) electrons. The third-order valence-corrected chi connectivity index (χ3v) is 5.08. The van der Waals surface area contributed by atoms with Crippen molar-refractivity contribution in [1.29, 1.82) is 5.26 Å². The third kappa shape index (κ3) is 4.24. The van der Waals surface area contributed by atoms with Gasteiger partial charge in [0.05, 0.1) is 37.5 Å². The average Bonchev–Trinajstić information content (AvgIpc) is 3.26. The van der Waals surface area contributed by atoms with E-state index in [1.54, 1.807) is 35.7 Å².